The van der Waals surface area contributed by atoms with Crippen LogP contribution in [0.4, 0.5) is 5.95 Å². The van der Waals surface area contributed by atoms with Crippen molar-refractivity contribution in [2.45, 2.75) is 32.4 Å². The van der Waals surface area contributed by atoms with E-state index in [1.54, 1.807) is 12.4 Å². The largest absolute Gasteiger partial charge is 0.340 e. The van der Waals surface area contributed by atoms with E-state index in [4.69, 9.17) is 5.26 Å². The van der Waals surface area contributed by atoms with Gasteiger partial charge in [0.05, 0.1) is 0 Å². The first-order valence-electron chi connectivity index (χ1n) is 7.99. The lowest BCUT2D eigenvalue weighted by Crippen LogP contribution is -2.46. The molecule has 0 radical (unpaired) electrons. The molecule has 1 aliphatic rings. The van der Waals surface area contributed by atoms with Crippen molar-refractivity contribution in [3.63, 3.8) is 0 Å². The van der Waals surface area contributed by atoms with Crippen molar-refractivity contribution >= 4 is 5.95 Å². The fraction of sp³-hybridized carbons (Fsp3) is 0.471. The molecule has 0 bridgehead atoms. The molecule has 2 aromatic rings. The van der Waals surface area contributed by atoms with Crippen LogP contribution in [0.2, 0.25) is 0 Å². The van der Waals surface area contributed by atoms with Gasteiger partial charge in [0.25, 0.3) is 0 Å². The normalized spacial score (nSPS) is 18.0. The number of anilines is 1. The van der Waals surface area contributed by atoms with Gasteiger partial charge in [-0.15, -0.1) is 0 Å². The molecule has 0 aliphatic carbocycles. The molecule has 0 spiro atoms. The molecular formula is C17H22N6. The topological polar surface area (TPSA) is 69.8 Å². The standard InChI is InChI=1S/C17H22N6/c1-13-14(9-16(10-18)22(13)2)11-21-15-5-3-8-23(12-15)17-19-6-4-7-20-17/h4,6-7,9,15,21H,3,5,8,11-12H2,1-2H3/t15-/m0/s1. The molecule has 3 rings (SSSR count). The van der Waals surface area contributed by atoms with Crippen LogP contribution < -0.4 is 10.2 Å². The molecule has 3 heterocycles. The Bertz CT molecular complexity index is 700. The van der Waals surface area contributed by atoms with Crippen LogP contribution in [-0.4, -0.2) is 33.7 Å². The van der Waals surface area contributed by atoms with Crippen LogP contribution in [0, 0.1) is 18.3 Å². The van der Waals surface area contributed by atoms with Gasteiger partial charge in [-0.1, -0.05) is 0 Å². The lowest BCUT2D eigenvalue weighted by atomic mass is 10.1. The highest BCUT2D eigenvalue weighted by molar-refractivity contribution is 5.34. The van der Waals surface area contributed by atoms with Gasteiger partial charge in [0, 0.05) is 50.8 Å². The summed E-state index contributed by atoms with van der Waals surface area (Å²) >= 11 is 0. The second kappa shape index (κ2) is 6.80. The SMILES string of the molecule is Cc1c(CN[C@H]2CCCN(c3ncccn3)C2)cc(C#N)n1C. The molecule has 23 heavy (non-hydrogen) atoms. The Hall–Kier alpha value is -2.39. The maximum absolute atomic E-state index is 9.12. The van der Waals surface area contributed by atoms with Gasteiger partial charge in [0.15, 0.2) is 0 Å². The number of nitrogens with one attached hydrogen (secondary N) is 1. The predicted molar refractivity (Wildman–Crippen MR) is 89.0 cm³/mol. The van der Waals surface area contributed by atoms with Gasteiger partial charge < -0.3 is 14.8 Å². The van der Waals surface area contributed by atoms with Crippen LogP contribution >= 0.6 is 0 Å². The van der Waals surface area contributed by atoms with Crippen LogP contribution in [0.1, 0.15) is 29.8 Å². The van der Waals surface area contributed by atoms with Crippen molar-refractivity contribution in [1.82, 2.24) is 19.9 Å². The summed E-state index contributed by atoms with van der Waals surface area (Å²) in [6, 6.07) is 6.46. The van der Waals surface area contributed by atoms with Gasteiger partial charge in [-0.3, -0.25) is 0 Å². The average Bonchev–Trinajstić information content (AvgIpc) is 2.88. The van der Waals surface area contributed by atoms with Gasteiger partial charge in [-0.2, -0.15) is 5.26 Å². The Balaban J connectivity index is 1.62. The van der Waals surface area contributed by atoms with Crippen molar-refractivity contribution in [1.29, 1.82) is 5.26 Å². The van der Waals surface area contributed by atoms with Crippen molar-refractivity contribution in [2.75, 3.05) is 18.0 Å². The van der Waals surface area contributed by atoms with E-state index in [1.165, 1.54) is 5.56 Å². The molecule has 0 saturated carbocycles. The van der Waals surface area contributed by atoms with E-state index in [1.807, 2.05) is 23.7 Å². The third kappa shape index (κ3) is 3.35. The summed E-state index contributed by atoms with van der Waals surface area (Å²) in [6.45, 7) is 4.77. The minimum absolute atomic E-state index is 0.415. The van der Waals surface area contributed by atoms with Crippen LogP contribution in [0.5, 0.6) is 0 Å². The van der Waals surface area contributed by atoms with Crippen molar-refractivity contribution < 1.29 is 0 Å². The van der Waals surface area contributed by atoms with E-state index in [2.05, 4.69) is 33.2 Å². The third-order valence-corrected chi connectivity index (χ3v) is 4.59. The number of nitrogens with zero attached hydrogens (tertiary/aromatic N) is 5. The summed E-state index contributed by atoms with van der Waals surface area (Å²) in [7, 11) is 1.94. The molecule has 6 heteroatoms. The molecule has 1 saturated heterocycles. The lowest BCUT2D eigenvalue weighted by Gasteiger charge is -2.33. The Kier molecular flexibility index (Phi) is 4.58. The predicted octanol–water partition coefficient (Wildman–Crippen LogP) is 1.75. The highest BCUT2D eigenvalue weighted by Gasteiger charge is 2.21. The minimum Gasteiger partial charge on any atom is -0.340 e. The molecule has 1 fully saturated rings. The summed E-state index contributed by atoms with van der Waals surface area (Å²) in [5.41, 5.74) is 3.05. The molecular weight excluding hydrogens is 288 g/mol. The van der Waals surface area contributed by atoms with E-state index >= 15 is 0 Å². The van der Waals surface area contributed by atoms with Gasteiger partial charge in [-0.25, -0.2) is 9.97 Å². The maximum Gasteiger partial charge on any atom is 0.225 e. The molecule has 1 N–H and O–H groups in total. The lowest BCUT2D eigenvalue weighted by molar-refractivity contribution is 0.418. The Morgan fingerprint density at radius 3 is 2.87 bits per heavy atom. The number of hydrogen-bond donors (Lipinski definition) is 1. The van der Waals surface area contributed by atoms with Crippen LogP contribution in [0.25, 0.3) is 0 Å². The first kappa shape index (κ1) is 15.5. The highest BCUT2D eigenvalue weighted by Crippen LogP contribution is 2.17. The van der Waals surface area contributed by atoms with Crippen molar-refractivity contribution in [2.24, 2.45) is 7.05 Å². The number of hydrogen-bond acceptors (Lipinski definition) is 5. The van der Waals surface area contributed by atoms with Gasteiger partial charge in [0.2, 0.25) is 5.95 Å². The zero-order chi connectivity index (χ0) is 16.2. The summed E-state index contributed by atoms with van der Waals surface area (Å²) in [5, 5.41) is 12.7. The number of aromatic nitrogens is 3. The Labute approximate surface area is 136 Å². The third-order valence-electron chi connectivity index (χ3n) is 4.59. The molecule has 0 aromatic carbocycles. The summed E-state index contributed by atoms with van der Waals surface area (Å²) < 4.78 is 1.95. The molecule has 1 aliphatic heterocycles. The van der Waals surface area contributed by atoms with E-state index in [9.17, 15) is 0 Å². The molecule has 120 valence electrons. The maximum atomic E-state index is 9.12. The van der Waals surface area contributed by atoms with E-state index in [0.717, 1.165) is 44.1 Å². The van der Waals surface area contributed by atoms with Gasteiger partial charge in [-0.05, 0) is 37.5 Å². The van der Waals surface area contributed by atoms with Crippen molar-refractivity contribution in [3.8, 4) is 6.07 Å². The summed E-state index contributed by atoms with van der Waals surface area (Å²) in [4.78, 5) is 10.9. The number of piperidine rings is 1. The first-order valence-corrected chi connectivity index (χ1v) is 7.99. The van der Waals surface area contributed by atoms with Gasteiger partial charge in [0.1, 0.15) is 11.8 Å². The zero-order valence-electron chi connectivity index (χ0n) is 13.7. The fourth-order valence-corrected chi connectivity index (χ4v) is 3.08. The Morgan fingerprint density at radius 1 is 1.39 bits per heavy atom. The smallest absolute Gasteiger partial charge is 0.225 e. The first-order chi connectivity index (χ1) is 11.2. The second-order valence-corrected chi connectivity index (χ2v) is 6.03. The average molecular weight is 310 g/mol. The van der Waals surface area contributed by atoms with E-state index < -0.39 is 0 Å². The van der Waals surface area contributed by atoms with Crippen molar-refractivity contribution in [3.05, 3.63) is 41.5 Å². The molecule has 6 nitrogen and oxygen atoms in total. The monoisotopic (exact) mass is 310 g/mol. The number of nitriles is 1. The molecule has 1 atom stereocenters. The zero-order valence-corrected chi connectivity index (χ0v) is 13.7. The van der Waals surface area contributed by atoms with Crippen LogP contribution in [0.15, 0.2) is 24.5 Å². The molecule has 0 amide bonds. The Morgan fingerprint density at radius 2 is 2.17 bits per heavy atom. The quantitative estimate of drug-likeness (QED) is 0.932. The van der Waals surface area contributed by atoms with E-state index in [0.29, 0.717) is 11.7 Å². The van der Waals surface area contributed by atoms with Crippen LogP contribution in [-0.2, 0) is 13.6 Å². The van der Waals surface area contributed by atoms with E-state index in [-0.39, 0.29) is 0 Å². The second-order valence-electron chi connectivity index (χ2n) is 6.03. The molecule has 0 unspecified atom stereocenters. The summed E-state index contributed by atoms with van der Waals surface area (Å²) in [6.07, 6.45) is 5.86. The minimum atomic E-state index is 0.415. The number of rotatable bonds is 4. The summed E-state index contributed by atoms with van der Waals surface area (Å²) in [5.74, 6) is 0.807. The van der Waals surface area contributed by atoms with Gasteiger partial charge >= 0.3 is 0 Å². The highest BCUT2D eigenvalue weighted by atomic mass is 15.3. The molecule has 2 aromatic heterocycles. The fourth-order valence-electron chi connectivity index (χ4n) is 3.08. The van der Waals surface area contributed by atoms with Crippen LogP contribution in [0.3, 0.4) is 0 Å².